The van der Waals surface area contributed by atoms with Gasteiger partial charge in [0.05, 0.1) is 10.4 Å². The Kier molecular flexibility index (Phi) is 6.92. The van der Waals surface area contributed by atoms with Gasteiger partial charge < -0.3 is 10.4 Å². The second kappa shape index (κ2) is 7.38. The van der Waals surface area contributed by atoms with E-state index in [-0.39, 0.29) is 11.9 Å². The smallest absolute Gasteiger partial charge is 0.0843 e. The van der Waals surface area contributed by atoms with Crippen molar-refractivity contribution in [2.75, 3.05) is 12.9 Å². The molecular formula is C10H15Br2NOS2. The van der Waals surface area contributed by atoms with Crippen molar-refractivity contribution < 1.29 is 5.11 Å². The molecule has 0 spiro atoms. The molecule has 1 aromatic rings. The predicted molar refractivity (Wildman–Crippen MR) is 80.4 cm³/mol. The summed E-state index contributed by atoms with van der Waals surface area (Å²) in [5.41, 5.74) is 0. The van der Waals surface area contributed by atoms with E-state index in [9.17, 15) is 0 Å². The molecule has 0 radical (unpaired) electrons. The summed E-state index contributed by atoms with van der Waals surface area (Å²) in [4.78, 5) is 1.28. The molecule has 0 saturated carbocycles. The number of aliphatic hydroxyl groups excluding tert-OH is 1. The Morgan fingerprint density at radius 1 is 1.56 bits per heavy atom. The van der Waals surface area contributed by atoms with E-state index in [1.807, 2.05) is 6.26 Å². The molecule has 2 nitrogen and oxygen atoms in total. The fourth-order valence-corrected chi connectivity index (χ4v) is 4.09. The van der Waals surface area contributed by atoms with E-state index >= 15 is 0 Å². The average Bonchev–Trinajstić information content (AvgIpc) is 2.57. The van der Waals surface area contributed by atoms with Gasteiger partial charge in [-0.15, -0.1) is 11.3 Å². The van der Waals surface area contributed by atoms with Crippen molar-refractivity contribution in [1.82, 2.24) is 5.32 Å². The van der Waals surface area contributed by atoms with Crippen LogP contribution in [0.2, 0.25) is 0 Å². The molecule has 0 aromatic carbocycles. The van der Waals surface area contributed by atoms with Gasteiger partial charge in [-0.25, -0.2) is 0 Å². The molecule has 0 saturated heterocycles. The van der Waals surface area contributed by atoms with Crippen LogP contribution in [0.5, 0.6) is 0 Å². The first-order valence-corrected chi connectivity index (χ1v) is 8.58. The first kappa shape index (κ1) is 15.0. The largest absolute Gasteiger partial charge is 0.395 e. The normalized spacial score (nSPS) is 15.1. The minimum Gasteiger partial charge on any atom is -0.395 e. The van der Waals surface area contributed by atoms with Gasteiger partial charge in [-0.2, -0.15) is 11.8 Å². The molecule has 1 heterocycles. The zero-order valence-corrected chi connectivity index (χ0v) is 14.0. The monoisotopic (exact) mass is 387 g/mol. The number of thiophene rings is 1. The predicted octanol–water partition coefficient (Wildman–Crippen LogP) is 3.48. The highest BCUT2D eigenvalue weighted by Crippen LogP contribution is 2.32. The second-order valence-electron chi connectivity index (χ2n) is 3.46. The molecular weight excluding hydrogens is 374 g/mol. The minimum atomic E-state index is 0.215. The van der Waals surface area contributed by atoms with Gasteiger partial charge in [0.2, 0.25) is 0 Å². The van der Waals surface area contributed by atoms with Crippen LogP contribution in [0, 0.1) is 0 Å². The standard InChI is InChI=1S/C10H15Br2NOS2/c1-6(9(5-14)15-2)13-4-7-3-8(11)10(12)16-7/h3,6,9,13-14H,4-5H2,1-2H3. The van der Waals surface area contributed by atoms with Gasteiger partial charge >= 0.3 is 0 Å². The van der Waals surface area contributed by atoms with Crippen molar-refractivity contribution >= 4 is 55.0 Å². The van der Waals surface area contributed by atoms with E-state index in [1.165, 1.54) is 4.88 Å². The first-order valence-electron chi connectivity index (χ1n) is 4.89. The van der Waals surface area contributed by atoms with E-state index in [1.54, 1.807) is 23.1 Å². The summed E-state index contributed by atoms with van der Waals surface area (Å²) in [5, 5.41) is 12.9. The highest BCUT2D eigenvalue weighted by molar-refractivity contribution is 9.13. The Balaban J connectivity index is 2.45. The molecule has 0 aliphatic heterocycles. The fraction of sp³-hybridized carbons (Fsp3) is 0.600. The lowest BCUT2D eigenvalue weighted by molar-refractivity contribution is 0.276. The maximum absolute atomic E-state index is 9.17. The Labute approximate surface area is 121 Å². The zero-order chi connectivity index (χ0) is 12.1. The van der Waals surface area contributed by atoms with Gasteiger partial charge in [-0.1, -0.05) is 0 Å². The van der Waals surface area contributed by atoms with E-state index in [0.29, 0.717) is 6.04 Å². The fourth-order valence-electron chi connectivity index (χ4n) is 1.31. The zero-order valence-electron chi connectivity index (χ0n) is 9.17. The number of hydrogen-bond acceptors (Lipinski definition) is 4. The Morgan fingerprint density at radius 2 is 2.25 bits per heavy atom. The molecule has 6 heteroatoms. The Bertz CT molecular complexity index is 309. The van der Waals surface area contributed by atoms with E-state index in [2.05, 4.69) is 50.2 Å². The minimum absolute atomic E-state index is 0.215. The summed E-state index contributed by atoms with van der Waals surface area (Å²) in [6.07, 6.45) is 2.03. The van der Waals surface area contributed by atoms with Crippen molar-refractivity contribution in [2.45, 2.75) is 24.8 Å². The summed E-state index contributed by atoms with van der Waals surface area (Å²) in [6.45, 7) is 3.16. The number of hydrogen-bond donors (Lipinski definition) is 2. The Morgan fingerprint density at radius 3 is 2.69 bits per heavy atom. The van der Waals surface area contributed by atoms with Gasteiger partial charge in [-0.3, -0.25) is 0 Å². The van der Waals surface area contributed by atoms with Gasteiger partial charge in [0.1, 0.15) is 0 Å². The summed E-state index contributed by atoms with van der Waals surface area (Å²) in [6, 6.07) is 2.42. The third-order valence-corrected chi connectivity index (χ3v) is 6.75. The quantitative estimate of drug-likeness (QED) is 0.782. The van der Waals surface area contributed by atoms with Crippen molar-refractivity contribution in [3.8, 4) is 0 Å². The van der Waals surface area contributed by atoms with Gasteiger partial charge in [0, 0.05) is 27.2 Å². The average molecular weight is 389 g/mol. The van der Waals surface area contributed by atoms with E-state index in [4.69, 9.17) is 5.11 Å². The van der Waals surface area contributed by atoms with Gasteiger partial charge in [0.25, 0.3) is 0 Å². The maximum atomic E-state index is 9.17. The molecule has 2 atom stereocenters. The van der Waals surface area contributed by atoms with Crippen LogP contribution in [0.3, 0.4) is 0 Å². The van der Waals surface area contributed by atoms with Crippen molar-refractivity contribution in [3.05, 3.63) is 19.2 Å². The summed E-state index contributed by atoms with van der Waals surface area (Å²) in [5.74, 6) is 0. The lowest BCUT2D eigenvalue weighted by atomic mass is 10.2. The van der Waals surface area contributed by atoms with Crippen molar-refractivity contribution in [1.29, 1.82) is 0 Å². The van der Waals surface area contributed by atoms with Gasteiger partial charge in [0.15, 0.2) is 0 Å². The van der Waals surface area contributed by atoms with Crippen LogP contribution in [-0.4, -0.2) is 29.3 Å². The third-order valence-electron chi connectivity index (χ3n) is 2.33. The lowest BCUT2D eigenvalue weighted by Gasteiger charge is -2.20. The topological polar surface area (TPSA) is 32.3 Å². The second-order valence-corrected chi connectivity index (χ2v) is 7.85. The van der Waals surface area contributed by atoms with Crippen LogP contribution in [0.25, 0.3) is 0 Å². The molecule has 2 unspecified atom stereocenters. The van der Waals surface area contributed by atoms with Gasteiger partial charge in [-0.05, 0) is 51.1 Å². The maximum Gasteiger partial charge on any atom is 0.0843 e. The van der Waals surface area contributed by atoms with Crippen LogP contribution in [0.1, 0.15) is 11.8 Å². The SMILES string of the molecule is CSC(CO)C(C)NCc1cc(Br)c(Br)s1. The number of thioether (sulfide) groups is 1. The molecule has 0 amide bonds. The number of nitrogens with one attached hydrogen (secondary N) is 1. The summed E-state index contributed by atoms with van der Waals surface area (Å²) in [7, 11) is 0. The van der Waals surface area contributed by atoms with Crippen molar-refractivity contribution in [3.63, 3.8) is 0 Å². The van der Waals surface area contributed by atoms with Crippen LogP contribution in [-0.2, 0) is 6.54 Å². The highest BCUT2D eigenvalue weighted by Gasteiger charge is 2.14. The molecule has 1 aromatic heterocycles. The molecule has 0 aliphatic rings. The number of halogens is 2. The van der Waals surface area contributed by atoms with Crippen LogP contribution >= 0.6 is 55.0 Å². The Hall–Kier alpha value is 0.930. The molecule has 16 heavy (non-hydrogen) atoms. The van der Waals surface area contributed by atoms with Crippen molar-refractivity contribution in [2.24, 2.45) is 0 Å². The third kappa shape index (κ3) is 4.31. The van der Waals surface area contributed by atoms with Crippen LogP contribution in [0.4, 0.5) is 0 Å². The van der Waals surface area contributed by atoms with Crippen LogP contribution < -0.4 is 5.32 Å². The first-order chi connectivity index (χ1) is 7.58. The number of rotatable bonds is 6. The lowest BCUT2D eigenvalue weighted by Crippen LogP contribution is -2.36. The molecule has 2 N–H and O–H groups in total. The molecule has 92 valence electrons. The summed E-state index contributed by atoms with van der Waals surface area (Å²) < 4.78 is 2.23. The highest BCUT2D eigenvalue weighted by atomic mass is 79.9. The van der Waals surface area contributed by atoms with E-state index in [0.717, 1.165) is 14.8 Å². The number of aliphatic hydroxyl groups is 1. The summed E-state index contributed by atoms with van der Waals surface area (Å²) >= 11 is 10.4. The molecule has 0 aliphatic carbocycles. The van der Waals surface area contributed by atoms with E-state index < -0.39 is 0 Å². The molecule has 1 rings (SSSR count). The molecule has 0 fully saturated rings. The molecule has 0 bridgehead atoms. The van der Waals surface area contributed by atoms with Crippen LogP contribution in [0.15, 0.2) is 14.3 Å².